The van der Waals surface area contributed by atoms with E-state index < -0.39 is 41.0 Å². The number of halogens is 6. The molecule has 2 aliphatic rings. The summed E-state index contributed by atoms with van der Waals surface area (Å²) >= 11 is 1.29. The molecule has 226 valence electrons. The van der Waals surface area contributed by atoms with Gasteiger partial charge >= 0.3 is 18.0 Å². The van der Waals surface area contributed by atoms with Crippen LogP contribution in [0.15, 0.2) is 34.5 Å². The van der Waals surface area contributed by atoms with Gasteiger partial charge in [-0.1, -0.05) is 6.58 Å². The van der Waals surface area contributed by atoms with E-state index in [0.29, 0.717) is 17.6 Å². The molecule has 2 aliphatic heterocycles. The largest absolute Gasteiger partial charge is 0.434 e. The molecule has 1 aromatic carbocycles. The van der Waals surface area contributed by atoms with Gasteiger partial charge in [0.1, 0.15) is 5.82 Å². The van der Waals surface area contributed by atoms with Gasteiger partial charge in [0.2, 0.25) is 5.91 Å². The number of hydrogen-bond acceptors (Lipinski definition) is 8. The number of carbonyl (C=O) groups excluding carboxylic acids is 1. The van der Waals surface area contributed by atoms with Crippen LogP contribution in [0.25, 0.3) is 21.3 Å². The van der Waals surface area contributed by atoms with E-state index in [1.807, 2.05) is 0 Å². The van der Waals surface area contributed by atoms with Gasteiger partial charge in [-0.25, -0.2) is 4.79 Å². The molecule has 1 saturated heterocycles. The number of aromatic nitrogens is 3. The summed E-state index contributed by atoms with van der Waals surface area (Å²) in [7, 11) is 1.40. The van der Waals surface area contributed by atoms with E-state index in [1.54, 1.807) is 23.6 Å². The van der Waals surface area contributed by atoms with Crippen LogP contribution in [0.5, 0.6) is 0 Å². The zero-order chi connectivity index (χ0) is 30.7. The van der Waals surface area contributed by atoms with Crippen molar-refractivity contribution in [1.82, 2.24) is 18.8 Å². The lowest BCUT2D eigenvalue weighted by Crippen LogP contribution is -2.58. The smallest absolute Gasteiger partial charge is 0.379 e. The molecule has 2 aromatic heterocycles. The number of hydrogen-bond donors (Lipinski definition) is 0. The normalized spacial score (nSPS) is 21.5. The maximum Gasteiger partial charge on any atom is 0.434 e. The van der Waals surface area contributed by atoms with Crippen molar-refractivity contribution in [2.24, 2.45) is 0 Å². The highest BCUT2D eigenvalue weighted by Crippen LogP contribution is 2.50. The predicted molar refractivity (Wildman–Crippen MR) is 147 cm³/mol. The Bertz CT molecular complexity index is 1610. The lowest BCUT2D eigenvalue weighted by molar-refractivity contribution is -0.140. The monoisotopic (exact) mass is 633 g/mol. The topological polar surface area (TPSA) is 80.6 Å². The number of ether oxygens (including phenoxy) is 1. The van der Waals surface area contributed by atoms with Gasteiger partial charge in [-0.2, -0.15) is 35.7 Å². The van der Waals surface area contributed by atoms with Crippen molar-refractivity contribution in [3.63, 3.8) is 0 Å². The van der Waals surface area contributed by atoms with Gasteiger partial charge in [-0.05, 0) is 43.6 Å². The first-order valence-electron chi connectivity index (χ1n) is 12.7. The Morgan fingerprint density at radius 3 is 2.31 bits per heavy atom. The van der Waals surface area contributed by atoms with E-state index in [4.69, 9.17) is 4.74 Å². The van der Waals surface area contributed by atoms with Gasteiger partial charge < -0.3 is 14.5 Å². The van der Waals surface area contributed by atoms with E-state index in [2.05, 4.69) is 15.9 Å². The Morgan fingerprint density at radius 1 is 1.10 bits per heavy atom. The van der Waals surface area contributed by atoms with Gasteiger partial charge in [-0.3, -0.25) is 9.36 Å². The predicted octanol–water partition coefficient (Wildman–Crippen LogP) is 5.29. The molecule has 16 heteroatoms. The molecule has 0 unspecified atom stereocenters. The number of methoxy groups -OCH3 is 1. The average Bonchev–Trinajstić information content (AvgIpc) is 3.32. The number of piperazine rings is 1. The van der Waals surface area contributed by atoms with Crippen LogP contribution in [0.3, 0.4) is 0 Å². The number of nitrogens with zero attached hydrogens (tertiary/aromatic N) is 5. The molecular weight excluding hydrogens is 608 g/mol. The van der Waals surface area contributed by atoms with Crippen molar-refractivity contribution in [1.29, 1.82) is 0 Å². The van der Waals surface area contributed by atoms with Crippen LogP contribution in [0.4, 0.5) is 32.2 Å². The van der Waals surface area contributed by atoms with Gasteiger partial charge in [0.15, 0.2) is 5.69 Å². The summed E-state index contributed by atoms with van der Waals surface area (Å²) < 4.78 is 94.4. The summed E-state index contributed by atoms with van der Waals surface area (Å²) in [5, 5.41) is 0.0217. The second kappa shape index (κ2) is 10.9. The Hall–Kier alpha value is -3.11. The summed E-state index contributed by atoms with van der Waals surface area (Å²) in [6.07, 6.45) is -9.22. The zero-order valence-corrected chi connectivity index (χ0v) is 24.2. The molecular formula is C26H25F6N5O3S2. The Balaban J connectivity index is 1.81. The maximum atomic E-state index is 14.7. The van der Waals surface area contributed by atoms with Crippen LogP contribution < -0.4 is 10.6 Å². The molecule has 1 amide bonds. The highest BCUT2D eigenvalue weighted by atomic mass is 32.2. The van der Waals surface area contributed by atoms with Gasteiger partial charge in [0.25, 0.3) is 0 Å². The van der Waals surface area contributed by atoms with Crippen LogP contribution in [0.1, 0.15) is 25.1 Å². The first-order chi connectivity index (χ1) is 19.6. The summed E-state index contributed by atoms with van der Waals surface area (Å²) in [4.78, 5) is 33.1. The molecule has 0 spiro atoms. The van der Waals surface area contributed by atoms with Gasteiger partial charge in [0, 0.05) is 53.9 Å². The summed E-state index contributed by atoms with van der Waals surface area (Å²) in [6, 6.07) is 0.671. The number of carbonyl (C=O) groups is 1. The fourth-order valence-electron chi connectivity index (χ4n) is 5.55. The summed E-state index contributed by atoms with van der Waals surface area (Å²) in [6.45, 7) is 7.39. The molecule has 42 heavy (non-hydrogen) atoms. The molecule has 4 heterocycles. The number of thioether (sulfide) groups is 1. The minimum Gasteiger partial charge on any atom is -0.379 e. The fourth-order valence-corrected chi connectivity index (χ4v) is 7.75. The Morgan fingerprint density at radius 2 is 1.76 bits per heavy atom. The lowest BCUT2D eigenvalue weighted by atomic mass is 10.00. The molecule has 1 fully saturated rings. The molecule has 5 rings (SSSR count). The molecule has 3 aromatic rings. The first kappa shape index (κ1) is 30.4. The third-order valence-electron chi connectivity index (χ3n) is 7.33. The van der Waals surface area contributed by atoms with Crippen molar-refractivity contribution in [2.45, 2.75) is 55.8 Å². The second-order valence-corrected chi connectivity index (χ2v) is 12.0. The van der Waals surface area contributed by atoms with Crippen LogP contribution >= 0.6 is 23.3 Å². The molecule has 0 bridgehead atoms. The number of benzene rings is 1. The second-order valence-electron chi connectivity index (χ2n) is 10.1. The first-order valence-corrected chi connectivity index (χ1v) is 14.5. The Kier molecular flexibility index (Phi) is 7.85. The minimum atomic E-state index is -4.97. The van der Waals surface area contributed by atoms with Crippen LogP contribution in [0.2, 0.25) is 0 Å². The molecule has 0 saturated carbocycles. The zero-order valence-electron chi connectivity index (χ0n) is 22.5. The van der Waals surface area contributed by atoms with E-state index in [9.17, 15) is 35.9 Å². The standard InChI is InChI=1S/C26H25F6N5O3S2/c1-5-19(38)37-12(2)8-35(9-13(37)3)23-15-6-16(25(27,28)29)20(17-7-18(34-42-17)26(30,31)32)22-21(15)36(24(39)33-23)10-14(40-4)11-41-22/h5-7,12-14H,1,8-11H2,2-4H3/t12-,13+,14-/m0/s1. The van der Waals surface area contributed by atoms with E-state index in [-0.39, 0.29) is 69.9 Å². The molecule has 0 radical (unpaired) electrons. The van der Waals surface area contributed by atoms with Crippen molar-refractivity contribution < 1.29 is 35.9 Å². The van der Waals surface area contributed by atoms with Crippen LogP contribution in [-0.4, -0.2) is 68.9 Å². The molecule has 8 nitrogen and oxygen atoms in total. The molecule has 0 aliphatic carbocycles. The number of anilines is 1. The lowest BCUT2D eigenvalue weighted by Gasteiger charge is -2.44. The molecule has 0 N–H and O–H groups in total. The van der Waals surface area contributed by atoms with Crippen LogP contribution in [-0.2, 0) is 28.4 Å². The van der Waals surface area contributed by atoms with E-state index in [1.165, 1.54) is 17.8 Å². The van der Waals surface area contributed by atoms with Crippen molar-refractivity contribution >= 4 is 45.9 Å². The quantitative estimate of drug-likeness (QED) is 0.286. The number of alkyl halides is 6. The van der Waals surface area contributed by atoms with E-state index >= 15 is 0 Å². The van der Waals surface area contributed by atoms with Gasteiger partial charge in [-0.15, -0.1) is 11.8 Å². The third kappa shape index (κ3) is 5.28. The molecule has 3 atom stereocenters. The van der Waals surface area contributed by atoms with Crippen molar-refractivity contribution in [3.8, 4) is 10.4 Å². The maximum absolute atomic E-state index is 14.7. The highest BCUT2D eigenvalue weighted by Gasteiger charge is 2.41. The SMILES string of the molecule is C=CC(=O)N1[C@H](C)CN(c2nc(=O)n3c4c(c(-c5cc(C(F)(F)F)ns5)c(C(F)(F)F)cc24)SC[C@@H](OC)C3)C[C@@H]1C. The van der Waals surface area contributed by atoms with Gasteiger partial charge in [0.05, 0.1) is 28.6 Å². The summed E-state index contributed by atoms with van der Waals surface area (Å²) in [5.41, 5.74) is -3.55. The minimum absolute atomic E-state index is 0.000863. The van der Waals surface area contributed by atoms with E-state index in [0.717, 1.165) is 17.8 Å². The Labute approximate surface area is 244 Å². The number of rotatable bonds is 4. The van der Waals surface area contributed by atoms with Crippen molar-refractivity contribution in [2.75, 3.05) is 30.9 Å². The van der Waals surface area contributed by atoms with Crippen LogP contribution in [0, 0.1) is 0 Å². The highest BCUT2D eigenvalue weighted by molar-refractivity contribution is 7.99. The van der Waals surface area contributed by atoms with Crippen molar-refractivity contribution in [3.05, 3.63) is 46.5 Å². The number of amides is 1. The average molecular weight is 634 g/mol. The summed E-state index contributed by atoms with van der Waals surface area (Å²) in [5.74, 6) is -0.159. The third-order valence-corrected chi connectivity index (χ3v) is 9.36. The fraction of sp³-hybridized carbons (Fsp3) is 0.462.